The molecule has 0 saturated carbocycles. The van der Waals surface area contributed by atoms with E-state index in [0.717, 1.165) is 10.4 Å². The topological polar surface area (TPSA) is 78.4 Å². The molecule has 0 aliphatic heterocycles. The molecule has 0 aromatic carbocycles. The first-order valence-electron chi connectivity index (χ1n) is 5.77. The van der Waals surface area contributed by atoms with Gasteiger partial charge in [-0.15, -0.1) is 11.3 Å². The van der Waals surface area contributed by atoms with E-state index in [-0.39, 0.29) is 25.0 Å². The molecule has 19 heavy (non-hydrogen) atoms. The van der Waals surface area contributed by atoms with Gasteiger partial charge in [-0.2, -0.15) is 0 Å². The average molecular weight is 280 g/mol. The summed E-state index contributed by atoms with van der Waals surface area (Å²) in [6.07, 6.45) is 0.412. The van der Waals surface area contributed by atoms with Gasteiger partial charge in [-0.25, -0.2) is 0 Å². The first-order chi connectivity index (χ1) is 9.08. The van der Waals surface area contributed by atoms with E-state index in [1.165, 1.54) is 18.4 Å². The highest BCUT2D eigenvalue weighted by molar-refractivity contribution is 7.14. The summed E-state index contributed by atoms with van der Waals surface area (Å²) < 4.78 is 0. The molecule has 0 atom stereocenters. The van der Waals surface area contributed by atoms with Crippen molar-refractivity contribution in [1.29, 1.82) is 0 Å². The number of carbonyl (C=O) groups excluding carboxylic acids is 2. The lowest BCUT2D eigenvalue weighted by Crippen LogP contribution is -2.34. The molecule has 1 heterocycles. The summed E-state index contributed by atoms with van der Waals surface area (Å²) in [5.41, 5.74) is 0.917. The lowest BCUT2D eigenvalue weighted by molar-refractivity contribution is -0.119. The summed E-state index contributed by atoms with van der Waals surface area (Å²) in [6.45, 7) is 1.85. The van der Waals surface area contributed by atoms with E-state index < -0.39 is 0 Å². The third kappa shape index (κ3) is 4.73. The molecule has 3 N–H and O–H groups in total. The zero-order valence-electron chi connectivity index (χ0n) is 10.9. The minimum absolute atomic E-state index is 0.0247. The second-order valence-electron chi connectivity index (χ2n) is 3.75. The number of thiophene rings is 1. The SMILES string of the molecule is CNC(=O)CNC(=O)c1cc(C)c(C#CCCO)s1. The average Bonchev–Trinajstić information content (AvgIpc) is 2.77. The van der Waals surface area contributed by atoms with Crippen LogP contribution in [0.5, 0.6) is 0 Å². The third-order valence-electron chi connectivity index (χ3n) is 2.27. The van der Waals surface area contributed by atoms with Crippen LogP contribution in [0.1, 0.15) is 26.5 Å². The van der Waals surface area contributed by atoms with Crippen molar-refractivity contribution in [2.24, 2.45) is 0 Å². The largest absolute Gasteiger partial charge is 0.395 e. The number of aliphatic hydroxyl groups excluding tert-OH is 1. The van der Waals surface area contributed by atoms with Crippen molar-refractivity contribution in [3.63, 3.8) is 0 Å². The monoisotopic (exact) mass is 280 g/mol. The third-order valence-corrected chi connectivity index (χ3v) is 3.42. The molecule has 1 aromatic heterocycles. The fraction of sp³-hybridized carbons (Fsp3) is 0.385. The van der Waals surface area contributed by atoms with Crippen LogP contribution in [0.2, 0.25) is 0 Å². The molecular formula is C13H16N2O3S. The molecule has 1 rings (SSSR count). The standard InChI is InChI=1S/C13H16N2O3S/c1-9-7-11(13(18)15-8-12(17)14-2)19-10(9)5-3-4-6-16/h7,16H,4,6,8H2,1-2H3,(H,14,17)(H,15,18). The molecule has 0 radical (unpaired) electrons. The van der Waals surface area contributed by atoms with Gasteiger partial charge in [0.1, 0.15) is 0 Å². The van der Waals surface area contributed by atoms with Gasteiger partial charge in [-0.05, 0) is 18.6 Å². The second kappa shape index (κ2) is 7.56. The van der Waals surface area contributed by atoms with Gasteiger partial charge in [0.25, 0.3) is 5.91 Å². The summed E-state index contributed by atoms with van der Waals surface area (Å²) in [5, 5.41) is 13.6. The molecule has 0 fully saturated rings. The number of likely N-dealkylation sites (N-methyl/N-ethyl adjacent to an activating group) is 1. The Morgan fingerprint density at radius 3 is 2.84 bits per heavy atom. The van der Waals surface area contributed by atoms with Crippen molar-refractivity contribution in [2.45, 2.75) is 13.3 Å². The van der Waals surface area contributed by atoms with Gasteiger partial charge in [0.2, 0.25) is 5.91 Å². The number of rotatable bonds is 4. The van der Waals surface area contributed by atoms with Crippen LogP contribution in [0.4, 0.5) is 0 Å². The highest BCUT2D eigenvalue weighted by atomic mass is 32.1. The quantitative estimate of drug-likeness (QED) is 0.693. The first-order valence-corrected chi connectivity index (χ1v) is 6.59. The van der Waals surface area contributed by atoms with Gasteiger partial charge >= 0.3 is 0 Å². The van der Waals surface area contributed by atoms with Gasteiger partial charge in [-0.1, -0.05) is 11.8 Å². The zero-order valence-corrected chi connectivity index (χ0v) is 11.7. The molecule has 1 aromatic rings. The predicted molar refractivity (Wildman–Crippen MR) is 74.0 cm³/mol. The Morgan fingerprint density at radius 2 is 2.21 bits per heavy atom. The summed E-state index contributed by atoms with van der Waals surface area (Å²) in [5.74, 6) is 5.20. The number of hydrogen-bond donors (Lipinski definition) is 3. The van der Waals surface area contributed by atoms with Crippen molar-refractivity contribution in [2.75, 3.05) is 20.2 Å². The van der Waals surface area contributed by atoms with E-state index >= 15 is 0 Å². The lowest BCUT2D eigenvalue weighted by Gasteiger charge is -2.01. The van der Waals surface area contributed by atoms with Gasteiger partial charge in [0.15, 0.2) is 0 Å². The van der Waals surface area contributed by atoms with Crippen molar-refractivity contribution < 1.29 is 14.7 Å². The maximum Gasteiger partial charge on any atom is 0.261 e. The Bertz CT molecular complexity index is 526. The Balaban J connectivity index is 2.70. The number of carbonyl (C=O) groups is 2. The Hall–Kier alpha value is -1.84. The number of aryl methyl sites for hydroxylation is 1. The molecule has 2 amide bonds. The molecule has 0 spiro atoms. The molecule has 0 aliphatic rings. The van der Waals surface area contributed by atoms with Crippen LogP contribution in [0, 0.1) is 18.8 Å². The van der Waals surface area contributed by atoms with Gasteiger partial charge in [-0.3, -0.25) is 9.59 Å². The van der Waals surface area contributed by atoms with Crippen LogP contribution in [-0.4, -0.2) is 37.1 Å². The fourth-order valence-electron chi connectivity index (χ4n) is 1.25. The number of amides is 2. The Labute approximate surface area is 116 Å². The molecule has 0 saturated heterocycles. The van der Waals surface area contributed by atoms with E-state index in [9.17, 15) is 9.59 Å². The number of nitrogens with one attached hydrogen (secondary N) is 2. The zero-order chi connectivity index (χ0) is 14.3. The van der Waals surface area contributed by atoms with Crippen LogP contribution in [0.25, 0.3) is 0 Å². The minimum atomic E-state index is -0.285. The van der Waals surface area contributed by atoms with E-state index in [4.69, 9.17) is 5.11 Å². The van der Waals surface area contributed by atoms with Crippen LogP contribution in [-0.2, 0) is 4.79 Å². The predicted octanol–water partition coefficient (Wildman–Crippen LogP) is 0.266. The maximum atomic E-state index is 11.8. The van der Waals surface area contributed by atoms with E-state index in [0.29, 0.717) is 11.3 Å². The smallest absolute Gasteiger partial charge is 0.261 e. The highest BCUT2D eigenvalue weighted by Crippen LogP contribution is 2.20. The van der Waals surface area contributed by atoms with Gasteiger partial charge in [0, 0.05) is 13.5 Å². The normalized spacial score (nSPS) is 9.42. The number of hydrogen-bond acceptors (Lipinski definition) is 4. The van der Waals surface area contributed by atoms with Crippen LogP contribution >= 0.6 is 11.3 Å². The van der Waals surface area contributed by atoms with Crippen LogP contribution in [0.3, 0.4) is 0 Å². The molecule has 5 nitrogen and oxygen atoms in total. The summed E-state index contributed by atoms with van der Waals surface area (Å²) in [7, 11) is 1.51. The summed E-state index contributed by atoms with van der Waals surface area (Å²) in [4.78, 5) is 24.1. The first kappa shape index (κ1) is 15.2. The fourth-order valence-corrected chi connectivity index (χ4v) is 2.22. The second-order valence-corrected chi connectivity index (χ2v) is 4.81. The molecule has 102 valence electrons. The Kier molecular flexibility index (Phi) is 6.06. The molecule has 0 unspecified atom stereocenters. The highest BCUT2D eigenvalue weighted by Gasteiger charge is 2.12. The van der Waals surface area contributed by atoms with Gasteiger partial charge in [0.05, 0.1) is 22.9 Å². The maximum absolute atomic E-state index is 11.8. The molecule has 6 heteroatoms. The molecule has 0 aliphatic carbocycles. The van der Waals surface area contributed by atoms with E-state index in [2.05, 4.69) is 22.5 Å². The van der Waals surface area contributed by atoms with Crippen LogP contribution in [0.15, 0.2) is 6.07 Å². The van der Waals surface area contributed by atoms with E-state index in [1.54, 1.807) is 6.07 Å². The Morgan fingerprint density at radius 1 is 1.47 bits per heavy atom. The minimum Gasteiger partial charge on any atom is -0.395 e. The van der Waals surface area contributed by atoms with Gasteiger partial charge < -0.3 is 15.7 Å². The van der Waals surface area contributed by atoms with Crippen molar-refractivity contribution in [3.8, 4) is 11.8 Å². The van der Waals surface area contributed by atoms with Crippen molar-refractivity contribution >= 4 is 23.2 Å². The van der Waals surface area contributed by atoms with Crippen molar-refractivity contribution in [1.82, 2.24) is 10.6 Å². The summed E-state index contributed by atoms with van der Waals surface area (Å²) in [6, 6.07) is 1.74. The molecular weight excluding hydrogens is 264 g/mol. The van der Waals surface area contributed by atoms with E-state index in [1.807, 2.05) is 6.92 Å². The number of aliphatic hydroxyl groups is 1. The van der Waals surface area contributed by atoms with Crippen LogP contribution < -0.4 is 10.6 Å². The van der Waals surface area contributed by atoms with Crippen molar-refractivity contribution in [3.05, 3.63) is 21.4 Å². The lowest BCUT2D eigenvalue weighted by atomic mass is 10.2. The molecule has 0 bridgehead atoms. The summed E-state index contributed by atoms with van der Waals surface area (Å²) >= 11 is 1.28.